The Morgan fingerprint density at radius 3 is 2.63 bits per heavy atom. The molecule has 0 N–H and O–H groups in total. The summed E-state index contributed by atoms with van der Waals surface area (Å²) in [6, 6.07) is 1.20. The van der Waals surface area contributed by atoms with Crippen LogP contribution in [0.5, 0.6) is 0 Å². The van der Waals surface area contributed by atoms with E-state index in [2.05, 4.69) is 0 Å². The third-order valence-electron chi connectivity index (χ3n) is 1.96. The van der Waals surface area contributed by atoms with E-state index >= 15 is 0 Å². The summed E-state index contributed by atoms with van der Waals surface area (Å²) in [6.07, 6.45) is 0. The molecule has 0 aromatic carbocycles. The van der Waals surface area contributed by atoms with E-state index in [4.69, 9.17) is 20.2 Å². The predicted molar refractivity (Wildman–Crippen MR) is 73.3 cm³/mol. The molecule has 0 bridgehead atoms. The first-order valence-electron chi connectivity index (χ1n) is 5.58. The van der Waals surface area contributed by atoms with Crippen LogP contribution in [0.2, 0.25) is 0 Å². The van der Waals surface area contributed by atoms with Crippen molar-refractivity contribution >= 4 is 37.0 Å². The molecule has 0 unspecified atom stereocenters. The van der Waals surface area contributed by atoms with Crippen molar-refractivity contribution < 1.29 is 22.7 Å². The summed E-state index contributed by atoms with van der Waals surface area (Å²) in [5.74, 6) is -0.167. The highest BCUT2D eigenvalue weighted by atomic mass is 35.7. The summed E-state index contributed by atoms with van der Waals surface area (Å²) in [7, 11) is 1.37. The third kappa shape index (κ3) is 5.90. The van der Waals surface area contributed by atoms with E-state index in [1.54, 1.807) is 0 Å². The summed E-state index contributed by atoms with van der Waals surface area (Å²) >= 11 is 0.880. The van der Waals surface area contributed by atoms with Crippen molar-refractivity contribution in [2.24, 2.45) is 5.92 Å². The topological polar surface area (TPSA) is 69.7 Å². The van der Waals surface area contributed by atoms with Gasteiger partial charge in [-0.15, -0.1) is 11.3 Å². The second-order valence-corrected chi connectivity index (χ2v) is 7.90. The van der Waals surface area contributed by atoms with Gasteiger partial charge in [0.25, 0.3) is 9.05 Å². The van der Waals surface area contributed by atoms with E-state index < -0.39 is 15.0 Å². The van der Waals surface area contributed by atoms with E-state index in [0.717, 1.165) is 11.3 Å². The number of halogens is 1. The summed E-state index contributed by atoms with van der Waals surface area (Å²) in [5, 5.41) is 1.40. The normalized spacial score (nSPS) is 11.8. The number of thiophene rings is 1. The summed E-state index contributed by atoms with van der Waals surface area (Å²) in [6.45, 7) is 5.08. The average molecular weight is 327 g/mol. The van der Waals surface area contributed by atoms with Crippen LogP contribution < -0.4 is 0 Å². The van der Waals surface area contributed by atoms with Crippen molar-refractivity contribution in [3.63, 3.8) is 0 Å². The molecule has 0 radical (unpaired) electrons. The Kier molecular flexibility index (Phi) is 6.25. The van der Waals surface area contributed by atoms with Crippen molar-refractivity contribution in [1.29, 1.82) is 0 Å². The number of esters is 1. The fourth-order valence-corrected chi connectivity index (χ4v) is 3.08. The van der Waals surface area contributed by atoms with Gasteiger partial charge in [0.1, 0.15) is 10.8 Å². The minimum Gasteiger partial charge on any atom is -0.460 e. The Hall–Kier alpha value is -0.630. The Labute approximate surface area is 120 Å². The van der Waals surface area contributed by atoms with Gasteiger partial charge in [-0.3, -0.25) is 0 Å². The number of hydrogen-bond donors (Lipinski definition) is 0. The molecule has 0 aliphatic carbocycles. The summed E-state index contributed by atoms with van der Waals surface area (Å²) in [5.41, 5.74) is 0.174. The van der Waals surface area contributed by atoms with Crippen LogP contribution in [0.1, 0.15) is 24.2 Å². The lowest BCUT2D eigenvalue weighted by molar-refractivity contribution is 0.0278. The smallest absolute Gasteiger partial charge is 0.339 e. The minimum absolute atomic E-state index is 0.0721. The quantitative estimate of drug-likeness (QED) is 0.437. The van der Waals surface area contributed by atoms with Gasteiger partial charge in [-0.2, -0.15) is 0 Å². The first-order chi connectivity index (χ1) is 8.80. The third-order valence-corrected chi connectivity index (χ3v) is 5.00. The maximum atomic E-state index is 11.6. The van der Waals surface area contributed by atoms with Crippen molar-refractivity contribution in [2.75, 3.05) is 19.8 Å². The molecule has 0 spiro atoms. The standard InChI is InChI=1S/C11H15ClO5S2/c1-8(2)6-16-3-4-17-11(13)9-5-10(18-7-9)19(12,14)15/h5,7-8H,3-4,6H2,1-2H3. The van der Waals surface area contributed by atoms with Gasteiger partial charge in [0.15, 0.2) is 0 Å². The average Bonchev–Trinajstić information content (AvgIpc) is 2.76. The predicted octanol–water partition coefficient (Wildman–Crippen LogP) is 2.51. The van der Waals surface area contributed by atoms with Crippen LogP contribution in [0, 0.1) is 5.92 Å². The van der Waals surface area contributed by atoms with Crippen LogP contribution in [0.4, 0.5) is 0 Å². The molecule has 19 heavy (non-hydrogen) atoms. The molecule has 0 aliphatic heterocycles. The number of hydrogen-bond acceptors (Lipinski definition) is 6. The van der Waals surface area contributed by atoms with Crippen LogP contribution >= 0.6 is 22.0 Å². The Bertz CT molecular complexity index is 521. The highest BCUT2D eigenvalue weighted by molar-refractivity contribution is 8.15. The number of carbonyl (C=O) groups excluding carboxylic acids is 1. The summed E-state index contributed by atoms with van der Waals surface area (Å²) < 4.78 is 32.2. The molecule has 0 aliphatic rings. The highest BCUT2D eigenvalue weighted by Gasteiger charge is 2.17. The van der Waals surface area contributed by atoms with Crippen LogP contribution in [0.3, 0.4) is 0 Å². The molecule has 0 amide bonds. The highest BCUT2D eigenvalue weighted by Crippen LogP contribution is 2.24. The molecule has 0 saturated carbocycles. The summed E-state index contributed by atoms with van der Waals surface area (Å²) in [4.78, 5) is 11.6. The van der Waals surface area contributed by atoms with E-state index in [-0.39, 0.29) is 16.4 Å². The van der Waals surface area contributed by atoms with Crippen LogP contribution in [0.15, 0.2) is 15.7 Å². The molecule has 8 heteroatoms. The zero-order valence-corrected chi connectivity index (χ0v) is 13.0. The lowest BCUT2D eigenvalue weighted by Gasteiger charge is -2.07. The van der Waals surface area contributed by atoms with Gasteiger partial charge in [0, 0.05) is 22.7 Å². The Balaban J connectivity index is 2.40. The molecule has 1 aromatic rings. The lowest BCUT2D eigenvalue weighted by atomic mass is 10.2. The first kappa shape index (κ1) is 16.4. The van der Waals surface area contributed by atoms with Gasteiger partial charge < -0.3 is 9.47 Å². The maximum absolute atomic E-state index is 11.6. The van der Waals surface area contributed by atoms with Crippen LogP contribution in [-0.2, 0) is 18.5 Å². The fourth-order valence-electron chi connectivity index (χ4n) is 1.15. The zero-order valence-electron chi connectivity index (χ0n) is 10.6. The van der Waals surface area contributed by atoms with E-state index in [9.17, 15) is 13.2 Å². The fraction of sp³-hybridized carbons (Fsp3) is 0.545. The van der Waals surface area contributed by atoms with Crippen LogP contribution in [-0.4, -0.2) is 34.2 Å². The molecule has 5 nitrogen and oxygen atoms in total. The van der Waals surface area contributed by atoms with Gasteiger partial charge in [0.2, 0.25) is 0 Å². The number of carbonyl (C=O) groups is 1. The SMILES string of the molecule is CC(C)COCCOC(=O)c1csc(S(=O)(=O)Cl)c1. The molecule has 0 atom stereocenters. The van der Waals surface area contributed by atoms with Crippen molar-refractivity contribution in [3.05, 3.63) is 17.0 Å². The van der Waals surface area contributed by atoms with Crippen molar-refractivity contribution in [1.82, 2.24) is 0 Å². The second kappa shape index (κ2) is 7.23. The van der Waals surface area contributed by atoms with E-state index in [1.807, 2.05) is 13.8 Å². The van der Waals surface area contributed by atoms with Gasteiger partial charge >= 0.3 is 5.97 Å². The second-order valence-electron chi connectivity index (χ2n) is 4.20. The Morgan fingerprint density at radius 2 is 2.11 bits per heavy atom. The number of rotatable bonds is 7. The first-order valence-corrected chi connectivity index (χ1v) is 8.77. The monoisotopic (exact) mass is 326 g/mol. The number of ether oxygens (including phenoxy) is 2. The largest absolute Gasteiger partial charge is 0.460 e. The van der Waals surface area contributed by atoms with E-state index in [0.29, 0.717) is 19.1 Å². The zero-order chi connectivity index (χ0) is 14.5. The molecular weight excluding hydrogens is 312 g/mol. The van der Waals surface area contributed by atoms with Gasteiger partial charge in [-0.25, -0.2) is 13.2 Å². The molecule has 1 aromatic heterocycles. The minimum atomic E-state index is -3.80. The molecule has 1 rings (SSSR count). The Morgan fingerprint density at radius 1 is 1.42 bits per heavy atom. The molecular formula is C11H15ClO5S2. The van der Waals surface area contributed by atoms with E-state index in [1.165, 1.54) is 11.4 Å². The van der Waals surface area contributed by atoms with Crippen molar-refractivity contribution in [3.8, 4) is 0 Å². The van der Waals surface area contributed by atoms with Gasteiger partial charge in [-0.05, 0) is 12.0 Å². The maximum Gasteiger partial charge on any atom is 0.339 e. The lowest BCUT2D eigenvalue weighted by Crippen LogP contribution is -2.12. The molecule has 1 heterocycles. The molecule has 0 saturated heterocycles. The van der Waals surface area contributed by atoms with Crippen LogP contribution in [0.25, 0.3) is 0 Å². The molecule has 0 fully saturated rings. The van der Waals surface area contributed by atoms with Crippen molar-refractivity contribution in [2.45, 2.75) is 18.1 Å². The van der Waals surface area contributed by atoms with Gasteiger partial charge in [0.05, 0.1) is 12.2 Å². The molecule has 108 valence electrons. The van der Waals surface area contributed by atoms with Gasteiger partial charge in [-0.1, -0.05) is 13.8 Å².